The van der Waals surface area contributed by atoms with Gasteiger partial charge in [0.1, 0.15) is 0 Å². The Morgan fingerprint density at radius 3 is 1.47 bits per heavy atom. The molecule has 0 aliphatic heterocycles. The molecule has 19 heavy (non-hydrogen) atoms. The summed E-state index contributed by atoms with van der Waals surface area (Å²) in [6.07, 6.45) is 12.2. The highest BCUT2D eigenvalue weighted by molar-refractivity contribution is 6.67. The van der Waals surface area contributed by atoms with Crippen LogP contribution in [0.25, 0.3) is 0 Å². The minimum absolute atomic E-state index is 0.309. The van der Waals surface area contributed by atoms with Gasteiger partial charge >= 0.3 is 5.97 Å². The smallest absolute Gasteiger partial charge is 0.303 e. The van der Waals surface area contributed by atoms with Crippen LogP contribution in [0.3, 0.4) is 0 Å². The van der Waals surface area contributed by atoms with Crippen molar-refractivity contribution in [3.8, 4) is 0 Å². The van der Waals surface area contributed by atoms with Crippen molar-refractivity contribution in [2.75, 3.05) is 0 Å². The summed E-state index contributed by atoms with van der Waals surface area (Å²) in [7, 11) is 0. The molecule has 0 aromatic heterocycles. The number of rotatable bonds is 12. The highest BCUT2D eigenvalue weighted by Crippen LogP contribution is 2.32. The van der Waals surface area contributed by atoms with Gasteiger partial charge in [-0.15, -0.1) is 0 Å². The van der Waals surface area contributed by atoms with Gasteiger partial charge < -0.3 is 5.11 Å². The molecule has 0 heterocycles. The van der Waals surface area contributed by atoms with Crippen LogP contribution in [0.4, 0.5) is 0 Å². The van der Waals surface area contributed by atoms with Crippen LogP contribution in [0.2, 0.25) is 0 Å². The number of hydrogen-bond acceptors (Lipinski definition) is 1. The van der Waals surface area contributed by atoms with Gasteiger partial charge in [0.25, 0.3) is 0 Å². The van der Waals surface area contributed by atoms with Crippen LogP contribution < -0.4 is 0 Å². The van der Waals surface area contributed by atoms with Crippen LogP contribution in [0.15, 0.2) is 0 Å². The van der Waals surface area contributed by atoms with Crippen molar-refractivity contribution in [1.29, 1.82) is 0 Å². The van der Waals surface area contributed by atoms with E-state index >= 15 is 0 Å². The van der Waals surface area contributed by atoms with E-state index in [1.807, 2.05) is 0 Å². The molecule has 1 N–H and O–H groups in total. The van der Waals surface area contributed by atoms with Crippen molar-refractivity contribution in [1.82, 2.24) is 0 Å². The van der Waals surface area contributed by atoms with Gasteiger partial charge in [-0.3, -0.25) is 4.79 Å². The van der Waals surface area contributed by atoms with Crippen LogP contribution in [0.1, 0.15) is 77.0 Å². The van der Waals surface area contributed by atoms with E-state index in [0.717, 1.165) is 32.1 Å². The molecule has 5 heteroatoms. The van der Waals surface area contributed by atoms with E-state index in [2.05, 4.69) is 0 Å². The number of hydrogen-bond donors (Lipinski definition) is 1. The lowest BCUT2D eigenvalue weighted by atomic mass is 10.1. The maximum atomic E-state index is 10.3. The summed E-state index contributed by atoms with van der Waals surface area (Å²) in [4.78, 5) is 10.3. The van der Waals surface area contributed by atoms with Crippen molar-refractivity contribution >= 4 is 40.8 Å². The molecule has 0 aliphatic carbocycles. The Balaban J connectivity index is 3.05. The van der Waals surface area contributed by atoms with Gasteiger partial charge in [0.15, 0.2) is 3.79 Å². The van der Waals surface area contributed by atoms with Crippen molar-refractivity contribution < 1.29 is 9.90 Å². The van der Waals surface area contributed by atoms with E-state index in [1.165, 1.54) is 32.1 Å². The number of carboxylic acids is 1. The summed E-state index contributed by atoms with van der Waals surface area (Å²) in [6.45, 7) is 0. The first kappa shape index (κ1) is 19.3. The van der Waals surface area contributed by atoms with Crippen molar-refractivity contribution in [3.05, 3.63) is 0 Å². The molecule has 0 rings (SSSR count). The lowest BCUT2D eigenvalue weighted by Gasteiger charge is -2.09. The maximum Gasteiger partial charge on any atom is 0.303 e. The van der Waals surface area contributed by atoms with Crippen LogP contribution in [0, 0.1) is 0 Å². The highest BCUT2D eigenvalue weighted by Gasteiger charge is 2.17. The van der Waals surface area contributed by atoms with Crippen LogP contribution in [-0.4, -0.2) is 14.9 Å². The molecule has 0 amide bonds. The van der Waals surface area contributed by atoms with E-state index < -0.39 is 9.76 Å². The number of carboxylic acid groups (broad SMARTS) is 1. The first-order valence-corrected chi connectivity index (χ1v) is 8.34. The quantitative estimate of drug-likeness (QED) is 0.345. The third-order valence-electron chi connectivity index (χ3n) is 3.10. The number of halogens is 3. The molecule has 114 valence electrons. The molecule has 0 aliphatic rings. The second kappa shape index (κ2) is 12.1. The summed E-state index contributed by atoms with van der Waals surface area (Å²) >= 11 is 17.0. The summed E-state index contributed by atoms with van der Waals surface area (Å²) in [5.41, 5.74) is 0. The Hall–Kier alpha value is 0.340. The van der Waals surface area contributed by atoms with Crippen molar-refractivity contribution in [3.63, 3.8) is 0 Å². The maximum absolute atomic E-state index is 10.3. The second-order valence-electron chi connectivity index (χ2n) is 5.04. The van der Waals surface area contributed by atoms with Crippen LogP contribution >= 0.6 is 34.8 Å². The number of carbonyl (C=O) groups is 1. The zero-order chi connectivity index (χ0) is 14.6. The van der Waals surface area contributed by atoms with Gasteiger partial charge in [0.05, 0.1) is 0 Å². The van der Waals surface area contributed by atoms with E-state index in [9.17, 15) is 4.79 Å². The predicted octanol–water partition coefficient (Wildman–Crippen LogP) is 6.12. The Kier molecular flexibility index (Phi) is 12.3. The van der Waals surface area contributed by atoms with Gasteiger partial charge in [-0.1, -0.05) is 86.2 Å². The third kappa shape index (κ3) is 18.3. The SMILES string of the molecule is O=C(O)CCCCCCCCCCCCC(Cl)(Cl)Cl. The number of alkyl halides is 3. The molecule has 0 radical (unpaired) electrons. The molecule has 0 unspecified atom stereocenters. The Morgan fingerprint density at radius 1 is 0.737 bits per heavy atom. The third-order valence-corrected chi connectivity index (χ3v) is 3.67. The minimum atomic E-state index is -1.09. The first-order valence-electron chi connectivity index (χ1n) is 7.20. The standard InChI is InChI=1S/C14H25Cl3O2/c15-14(16,17)12-10-8-6-4-2-1-3-5-7-9-11-13(18)19/h1-12H2,(H,18,19). The molecule has 0 atom stereocenters. The number of unbranched alkanes of at least 4 members (excludes halogenated alkanes) is 9. The molecule has 0 spiro atoms. The average Bonchev–Trinajstić information content (AvgIpc) is 2.28. The lowest BCUT2D eigenvalue weighted by molar-refractivity contribution is -0.137. The van der Waals surface area contributed by atoms with Gasteiger partial charge in [0.2, 0.25) is 0 Å². The molecule has 0 aromatic carbocycles. The molecular formula is C14H25Cl3O2. The average molecular weight is 332 g/mol. The zero-order valence-corrected chi connectivity index (χ0v) is 13.7. The molecule has 0 aromatic rings. The summed E-state index contributed by atoms with van der Waals surface area (Å²) < 4.78 is -1.09. The minimum Gasteiger partial charge on any atom is -0.481 e. The Labute approximate surface area is 131 Å². The van der Waals surface area contributed by atoms with Gasteiger partial charge in [0, 0.05) is 6.42 Å². The highest BCUT2D eigenvalue weighted by atomic mass is 35.6. The van der Waals surface area contributed by atoms with E-state index in [4.69, 9.17) is 39.9 Å². The fourth-order valence-corrected chi connectivity index (χ4v) is 2.42. The second-order valence-corrected chi connectivity index (χ2v) is 7.56. The fourth-order valence-electron chi connectivity index (χ4n) is 2.02. The van der Waals surface area contributed by atoms with Gasteiger partial charge in [-0.25, -0.2) is 0 Å². The molecule has 0 bridgehead atoms. The van der Waals surface area contributed by atoms with E-state index in [1.54, 1.807) is 0 Å². The molecule has 0 saturated carbocycles. The molecule has 2 nitrogen and oxygen atoms in total. The topological polar surface area (TPSA) is 37.3 Å². The first-order chi connectivity index (χ1) is 8.92. The molecule has 0 saturated heterocycles. The summed E-state index contributed by atoms with van der Waals surface area (Å²) in [6, 6.07) is 0. The fraction of sp³-hybridized carbons (Fsp3) is 0.929. The zero-order valence-electron chi connectivity index (χ0n) is 11.5. The lowest BCUT2D eigenvalue weighted by Crippen LogP contribution is -2.00. The monoisotopic (exact) mass is 330 g/mol. The normalized spacial score (nSPS) is 11.7. The molecule has 0 fully saturated rings. The van der Waals surface area contributed by atoms with Crippen molar-refractivity contribution in [2.24, 2.45) is 0 Å². The predicted molar refractivity (Wildman–Crippen MR) is 83.3 cm³/mol. The van der Waals surface area contributed by atoms with Gasteiger partial charge in [-0.2, -0.15) is 0 Å². The Bertz CT molecular complexity index is 227. The number of aliphatic carboxylic acids is 1. The molecular weight excluding hydrogens is 307 g/mol. The van der Waals surface area contributed by atoms with Crippen LogP contribution in [0.5, 0.6) is 0 Å². The largest absolute Gasteiger partial charge is 0.481 e. The summed E-state index contributed by atoms with van der Waals surface area (Å²) in [5.74, 6) is -0.685. The van der Waals surface area contributed by atoms with E-state index in [-0.39, 0.29) is 0 Å². The van der Waals surface area contributed by atoms with Gasteiger partial charge in [-0.05, 0) is 19.3 Å². The van der Waals surface area contributed by atoms with Crippen molar-refractivity contribution in [2.45, 2.75) is 80.8 Å². The Morgan fingerprint density at radius 2 is 1.11 bits per heavy atom. The van der Waals surface area contributed by atoms with Crippen LogP contribution in [-0.2, 0) is 4.79 Å². The summed E-state index contributed by atoms with van der Waals surface area (Å²) in [5, 5.41) is 8.48. The van der Waals surface area contributed by atoms with E-state index in [0.29, 0.717) is 12.8 Å².